The van der Waals surface area contributed by atoms with Gasteiger partial charge in [-0.25, -0.2) is 4.39 Å². The van der Waals surface area contributed by atoms with Gasteiger partial charge in [0.05, 0.1) is 0 Å². The van der Waals surface area contributed by atoms with Crippen molar-refractivity contribution in [3.63, 3.8) is 0 Å². The van der Waals surface area contributed by atoms with Crippen LogP contribution in [0.4, 0.5) is 4.39 Å². The summed E-state index contributed by atoms with van der Waals surface area (Å²) in [7, 11) is 0. The Morgan fingerprint density at radius 3 is 2.33 bits per heavy atom. The van der Waals surface area contributed by atoms with E-state index < -0.39 is 10.4 Å². The lowest BCUT2D eigenvalue weighted by Gasteiger charge is -2.09. The molecule has 0 bridgehead atoms. The third-order valence-corrected chi connectivity index (χ3v) is 1.79. The summed E-state index contributed by atoms with van der Waals surface area (Å²) in [5.41, 5.74) is 0.374. The lowest BCUT2D eigenvalue weighted by Crippen LogP contribution is -2.22. The molecule has 0 spiro atoms. The second-order valence-electron chi connectivity index (χ2n) is 2.58. The van der Waals surface area contributed by atoms with Gasteiger partial charge < -0.3 is 0 Å². The highest BCUT2D eigenvalue weighted by Crippen LogP contribution is 2.23. The van der Waals surface area contributed by atoms with Gasteiger partial charge in [-0.2, -0.15) is 0 Å². The first-order valence-corrected chi connectivity index (χ1v) is 4.29. The number of carbonyl (C=O) groups excluding carboxylic acids is 1. The van der Waals surface area contributed by atoms with Gasteiger partial charge in [-0.15, -0.1) is 0 Å². The molecule has 3 heteroatoms. The minimum Gasteiger partial charge on any atom is -0.290 e. The summed E-state index contributed by atoms with van der Waals surface area (Å²) >= 11 is 2.66. The second kappa shape index (κ2) is 3.35. The molecule has 0 aromatic heterocycles. The topological polar surface area (TPSA) is 17.1 Å². The Balaban J connectivity index is 2.94. The van der Waals surface area contributed by atoms with Gasteiger partial charge in [0.1, 0.15) is 0 Å². The van der Waals surface area contributed by atoms with E-state index in [1.54, 1.807) is 30.3 Å². The molecular formula is C9H8BrFO. The van der Waals surface area contributed by atoms with Crippen molar-refractivity contribution in [1.82, 2.24) is 0 Å². The van der Waals surface area contributed by atoms with Gasteiger partial charge in [-0.05, 0) is 22.9 Å². The van der Waals surface area contributed by atoms with E-state index in [-0.39, 0.29) is 0 Å². The molecule has 1 aromatic rings. The minimum absolute atomic E-state index is 0.374. The molecule has 0 amide bonds. The molecule has 1 unspecified atom stereocenters. The van der Waals surface area contributed by atoms with Crippen molar-refractivity contribution in [3.05, 3.63) is 35.9 Å². The normalized spacial score (nSPS) is 15.2. The summed E-state index contributed by atoms with van der Waals surface area (Å²) in [6.07, 6.45) is 0. The van der Waals surface area contributed by atoms with Crippen molar-refractivity contribution in [1.29, 1.82) is 0 Å². The van der Waals surface area contributed by atoms with E-state index in [0.29, 0.717) is 5.56 Å². The van der Waals surface area contributed by atoms with Crippen LogP contribution in [0.15, 0.2) is 30.3 Å². The van der Waals surface area contributed by atoms with Gasteiger partial charge in [-0.3, -0.25) is 4.79 Å². The van der Waals surface area contributed by atoms with Gasteiger partial charge in [0, 0.05) is 5.56 Å². The molecule has 12 heavy (non-hydrogen) atoms. The number of hydrogen-bond donors (Lipinski definition) is 0. The van der Waals surface area contributed by atoms with Gasteiger partial charge in [-0.1, -0.05) is 30.3 Å². The molecule has 64 valence electrons. The number of alkyl halides is 2. The van der Waals surface area contributed by atoms with Crippen LogP contribution in [0.1, 0.15) is 17.3 Å². The Bertz CT molecular complexity index is 276. The summed E-state index contributed by atoms with van der Waals surface area (Å²) in [5, 5.41) is 0. The number of rotatable bonds is 2. The molecule has 1 nitrogen and oxygen atoms in total. The summed E-state index contributed by atoms with van der Waals surface area (Å²) in [6.45, 7) is 1.18. The average molecular weight is 231 g/mol. The molecule has 0 radical (unpaired) electrons. The van der Waals surface area contributed by atoms with Crippen molar-refractivity contribution >= 4 is 21.7 Å². The fourth-order valence-electron chi connectivity index (χ4n) is 0.843. The summed E-state index contributed by atoms with van der Waals surface area (Å²) in [5.74, 6) is -0.553. The lowest BCUT2D eigenvalue weighted by atomic mass is 10.1. The summed E-state index contributed by atoms with van der Waals surface area (Å²) in [4.78, 5) is 11.2. The third kappa shape index (κ3) is 2.14. The summed E-state index contributed by atoms with van der Waals surface area (Å²) in [6, 6.07) is 8.35. The zero-order valence-electron chi connectivity index (χ0n) is 6.55. The molecule has 1 aromatic carbocycles. The molecular weight excluding hydrogens is 223 g/mol. The van der Waals surface area contributed by atoms with Crippen LogP contribution in [0.25, 0.3) is 0 Å². The quantitative estimate of drug-likeness (QED) is 0.564. The smallest absolute Gasteiger partial charge is 0.224 e. The van der Waals surface area contributed by atoms with Crippen molar-refractivity contribution in [2.45, 2.75) is 11.5 Å². The number of ketones is 1. The van der Waals surface area contributed by atoms with Crippen LogP contribution in [0.5, 0.6) is 0 Å². The Morgan fingerprint density at radius 2 is 1.92 bits per heavy atom. The van der Waals surface area contributed by atoms with Gasteiger partial charge >= 0.3 is 0 Å². The van der Waals surface area contributed by atoms with Crippen LogP contribution in [0.2, 0.25) is 0 Å². The highest BCUT2D eigenvalue weighted by molar-refractivity contribution is 9.10. The molecule has 1 rings (SSSR count). The zero-order valence-corrected chi connectivity index (χ0v) is 8.14. The maximum atomic E-state index is 13.0. The Labute approximate surface area is 78.7 Å². The van der Waals surface area contributed by atoms with E-state index in [9.17, 15) is 9.18 Å². The van der Waals surface area contributed by atoms with Crippen LogP contribution in [0.3, 0.4) is 0 Å². The molecule has 0 saturated carbocycles. The standard InChI is InChI=1S/C9H8BrFO/c1-9(10,11)8(12)7-5-3-2-4-6-7/h2-6H,1H3. The average Bonchev–Trinajstić information content (AvgIpc) is 2.03. The van der Waals surface area contributed by atoms with E-state index in [0.717, 1.165) is 0 Å². The maximum Gasteiger partial charge on any atom is 0.224 e. The Hall–Kier alpha value is -0.700. The molecule has 0 N–H and O–H groups in total. The lowest BCUT2D eigenvalue weighted by molar-refractivity contribution is 0.0866. The Kier molecular flexibility index (Phi) is 2.62. The van der Waals surface area contributed by atoms with Crippen LogP contribution < -0.4 is 0 Å². The predicted molar refractivity (Wildman–Crippen MR) is 49.2 cm³/mol. The molecule has 1 atom stereocenters. The molecule has 0 fully saturated rings. The number of benzene rings is 1. The van der Waals surface area contributed by atoms with Gasteiger partial charge in [0.25, 0.3) is 0 Å². The minimum atomic E-state index is -1.96. The number of carbonyl (C=O) groups is 1. The second-order valence-corrected chi connectivity index (χ2v) is 4.07. The van der Waals surface area contributed by atoms with Crippen LogP contribution >= 0.6 is 15.9 Å². The first kappa shape index (κ1) is 9.39. The van der Waals surface area contributed by atoms with Crippen molar-refractivity contribution < 1.29 is 9.18 Å². The van der Waals surface area contributed by atoms with Crippen molar-refractivity contribution in [3.8, 4) is 0 Å². The van der Waals surface area contributed by atoms with Crippen molar-refractivity contribution in [2.24, 2.45) is 0 Å². The van der Waals surface area contributed by atoms with Crippen molar-refractivity contribution in [2.75, 3.05) is 0 Å². The fourth-order valence-corrected chi connectivity index (χ4v) is 1.07. The highest BCUT2D eigenvalue weighted by atomic mass is 79.9. The van der Waals surface area contributed by atoms with E-state index in [1.165, 1.54) is 6.92 Å². The highest BCUT2D eigenvalue weighted by Gasteiger charge is 2.29. The number of Topliss-reactive ketones (excluding diaryl/α,β-unsaturated/α-hetero) is 1. The first-order chi connectivity index (χ1) is 5.52. The maximum absolute atomic E-state index is 13.0. The van der Waals surface area contributed by atoms with E-state index in [1.807, 2.05) is 0 Å². The number of halogens is 2. The fraction of sp³-hybridized carbons (Fsp3) is 0.222. The zero-order chi connectivity index (χ0) is 9.19. The van der Waals surface area contributed by atoms with Gasteiger partial charge in [0.2, 0.25) is 10.4 Å². The SMILES string of the molecule is CC(F)(Br)C(=O)c1ccccc1. The third-order valence-electron chi connectivity index (χ3n) is 1.43. The molecule has 0 saturated heterocycles. The largest absolute Gasteiger partial charge is 0.290 e. The van der Waals surface area contributed by atoms with E-state index in [2.05, 4.69) is 15.9 Å². The molecule has 0 heterocycles. The molecule has 0 aliphatic rings. The van der Waals surface area contributed by atoms with Crippen LogP contribution in [-0.4, -0.2) is 10.4 Å². The Morgan fingerprint density at radius 1 is 1.42 bits per heavy atom. The predicted octanol–water partition coefficient (Wildman–Crippen LogP) is 2.95. The molecule has 0 aliphatic carbocycles. The van der Waals surface area contributed by atoms with E-state index >= 15 is 0 Å². The van der Waals surface area contributed by atoms with Crippen LogP contribution in [-0.2, 0) is 0 Å². The summed E-state index contributed by atoms with van der Waals surface area (Å²) < 4.78 is 11.1. The number of hydrogen-bond acceptors (Lipinski definition) is 1. The van der Waals surface area contributed by atoms with E-state index in [4.69, 9.17) is 0 Å². The first-order valence-electron chi connectivity index (χ1n) is 3.49. The van der Waals surface area contributed by atoms with Gasteiger partial charge in [0.15, 0.2) is 0 Å². The van der Waals surface area contributed by atoms with Crippen LogP contribution in [0, 0.1) is 0 Å². The monoisotopic (exact) mass is 230 g/mol. The molecule has 0 aliphatic heterocycles.